The molecule has 1 heterocycles. The third kappa shape index (κ3) is 4.02. The molecule has 0 radical (unpaired) electrons. The highest BCUT2D eigenvalue weighted by Crippen LogP contribution is 2.24. The molecule has 3 nitrogen and oxygen atoms in total. The number of hydrogen-bond acceptors (Lipinski definition) is 4. The van der Waals surface area contributed by atoms with Gasteiger partial charge in [-0.05, 0) is 53.1 Å². The number of ether oxygens (including phenoxy) is 1. The fourth-order valence-electron chi connectivity index (χ4n) is 2.50. The molecule has 3 rings (SSSR count). The molecule has 1 aliphatic rings. The Bertz CT molecular complexity index is 841. The van der Waals surface area contributed by atoms with E-state index in [-0.39, 0.29) is 5.41 Å². The monoisotopic (exact) mass is 351 g/mol. The summed E-state index contributed by atoms with van der Waals surface area (Å²) in [7, 11) is 0. The van der Waals surface area contributed by atoms with Crippen LogP contribution in [0.25, 0.3) is 6.08 Å². The van der Waals surface area contributed by atoms with Crippen molar-refractivity contribution in [1.29, 1.82) is 0 Å². The van der Waals surface area contributed by atoms with Crippen LogP contribution in [0.3, 0.4) is 0 Å². The molecule has 0 spiro atoms. The van der Waals surface area contributed by atoms with E-state index in [9.17, 15) is 4.79 Å². The van der Waals surface area contributed by atoms with Gasteiger partial charge in [0.15, 0.2) is 5.70 Å². The molecule has 2 aromatic carbocycles. The molecular weight excluding hydrogens is 330 g/mol. The molecule has 0 saturated carbocycles. The van der Waals surface area contributed by atoms with Crippen LogP contribution in [0.5, 0.6) is 0 Å². The molecule has 1 aliphatic heterocycles. The van der Waals surface area contributed by atoms with Crippen LogP contribution in [0.1, 0.15) is 37.5 Å². The number of rotatable bonds is 3. The summed E-state index contributed by atoms with van der Waals surface area (Å²) in [5.41, 5.74) is 3.37. The van der Waals surface area contributed by atoms with Crippen molar-refractivity contribution < 1.29 is 9.53 Å². The quantitative estimate of drug-likeness (QED) is 0.441. The molecule has 0 saturated heterocycles. The Kier molecular flexibility index (Phi) is 4.82. The Morgan fingerprint density at radius 2 is 1.64 bits per heavy atom. The fraction of sp³-hybridized carbons (Fsp3) is 0.238. The summed E-state index contributed by atoms with van der Waals surface area (Å²) in [5, 5.41) is 0. The van der Waals surface area contributed by atoms with Gasteiger partial charge in [-0.25, -0.2) is 9.79 Å². The van der Waals surface area contributed by atoms with Crippen LogP contribution in [-0.2, 0) is 14.9 Å². The van der Waals surface area contributed by atoms with Gasteiger partial charge in [0.05, 0.1) is 0 Å². The van der Waals surface area contributed by atoms with Crippen molar-refractivity contribution in [1.82, 2.24) is 0 Å². The van der Waals surface area contributed by atoms with Crippen molar-refractivity contribution in [2.75, 3.05) is 6.26 Å². The van der Waals surface area contributed by atoms with E-state index in [1.54, 1.807) is 17.8 Å². The van der Waals surface area contributed by atoms with Crippen LogP contribution in [-0.4, -0.2) is 18.1 Å². The Hall–Kier alpha value is -2.33. The number of aliphatic imine (C=N–C) groups is 1. The topological polar surface area (TPSA) is 38.7 Å². The maximum absolute atomic E-state index is 12.1. The van der Waals surface area contributed by atoms with Gasteiger partial charge in [-0.1, -0.05) is 45.0 Å². The smallest absolute Gasteiger partial charge is 0.363 e. The van der Waals surface area contributed by atoms with Gasteiger partial charge in [-0.15, -0.1) is 11.8 Å². The average Bonchev–Trinajstić information content (AvgIpc) is 2.96. The summed E-state index contributed by atoms with van der Waals surface area (Å²) >= 11 is 1.68. The Morgan fingerprint density at radius 3 is 2.20 bits per heavy atom. The third-order valence-electron chi connectivity index (χ3n) is 4.04. The van der Waals surface area contributed by atoms with E-state index in [0.29, 0.717) is 11.6 Å². The molecule has 0 aromatic heterocycles. The summed E-state index contributed by atoms with van der Waals surface area (Å²) < 4.78 is 5.34. The van der Waals surface area contributed by atoms with Gasteiger partial charge in [0.25, 0.3) is 0 Å². The van der Waals surface area contributed by atoms with Crippen molar-refractivity contribution in [3.8, 4) is 0 Å². The lowest BCUT2D eigenvalue weighted by molar-refractivity contribution is -0.129. The van der Waals surface area contributed by atoms with Gasteiger partial charge in [0.1, 0.15) is 0 Å². The second-order valence-corrected chi connectivity index (χ2v) is 7.82. The third-order valence-corrected chi connectivity index (χ3v) is 4.78. The highest BCUT2D eigenvalue weighted by Gasteiger charge is 2.24. The molecule has 0 unspecified atom stereocenters. The first-order valence-electron chi connectivity index (χ1n) is 8.14. The minimum atomic E-state index is -0.413. The number of cyclic esters (lactones) is 1. The van der Waals surface area contributed by atoms with Gasteiger partial charge >= 0.3 is 5.97 Å². The van der Waals surface area contributed by atoms with E-state index in [4.69, 9.17) is 4.74 Å². The molecule has 0 fully saturated rings. The standard InChI is InChI=1S/C21H21NO2S/c1-21(2,3)16-9-7-15(8-10-16)19-22-18(20(23)24-19)13-14-5-11-17(25-4)12-6-14/h5-13H,1-4H3/b18-13+. The first kappa shape index (κ1) is 17.5. The number of carbonyl (C=O) groups excluding carboxylic acids is 1. The van der Waals surface area contributed by atoms with E-state index < -0.39 is 5.97 Å². The normalized spacial score (nSPS) is 16.1. The molecule has 0 N–H and O–H groups in total. The zero-order chi connectivity index (χ0) is 18.0. The lowest BCUT2D eigenvalue weighted by atomic mass is 9.87. The second-order valence-electron chi connectivity index (χ2n) is 6.94. The summed E-state index contributed by atoms with van der Waals surface area (Å²) in [6, 6.07) is 16.0. The van der Waals surface area contributed by atoms with E-state index >= 15 is 0 Å². The van der Waals surface area contributed by atoms with E-state index in [1.165, 1.54) is 10.5 Å². The van der Waals surface area contributed by atoms with Gasteiger partial charge < -0.3 is 4.74 Å². The molecule has 25 heavy (non-hydrogen) atoms. The number of nitrogens with zero attached hydrogens (tertiary/aromatic N) is 1. The predicted octanol–water partition coefficient (Wildman–Crippen LogP) is 5.05. The minimum Gasteiger partial charge on any atom is -0.402 e. The molecule has 128 valence electrons. The molecule has 0 amide bonds. The first-order valence-corrected chi connectivity index (χ1v) is 9.37. The lowest BCUT2D eigenvalue weighted by Crippen LogP contribution is -2.11. The van der Waals surface area contributed by atoms with Crippen molar-refractivity contribution in [3.63, 3.8) is 0 Å². The minimum absolute atomic E-state index is 0.0840. The Labute approximate surface area is 152 Å². The summed E-state index contributed by atoms with van der Waals surface area (Å²) in [5.74, 6) is -0.0544. The van der Waals surface area contributed by atoms with Crippen LogP contribution in [0.4, 0.5) is 0 Å². The highest BCUT2D eigenvalue weighted by molar-refractivity contribution is 7.98. The highest BCUT2D eigenvalue weighted by atomic mass is 32.2. The summed E-state index contributed by atoms with van der Waals surface area (Å²) in [6.07, 6.45) is 3.78. The predicted molar refractivity (Wildman–Crippen MR) is 104 cm³/mol. The Morgan fingerprint density at radius 1 is 1.00 bits per heavy atom. The van der Waals surface area contributed by atoms with Crippen molar-refractivity contribution in [2.24, 2.45) is 4.99 Å². The van der Waals surface area contributed by atoms with Crippen molar-refractivity contribution >= 4 is 29.7 Å². The fourth-order valence-corrected chi connectivity index (χ4v) is 2.91. The second kappa shape index (κ2) is 6.89. The maximum atomic E-state index is 12.1. The number of benzene rings is 2. The number of thioether (sulfide) groups is 1. The molecule has 0 atom stereocenters. The Balaban J connectivity index is 1.85. The van der Waals surface area contributed by atoms with E-state index in [1.807, 2.05) is 42.7 Å². The molecule has 0 bridgehead atoms. The van der Waals surface area contributed by atoms with Crippen molar-refractivity contribution in [3.05, 3.63) is 70.9 Å². The average molecular weight is 351 g/mol. The van der Waals surface area contributed by atoms with Gasteiger partial charge in [0.2, 0.25) is 5.90 Å². The van der Waals surface area contributed by atoms with E-state index in [2.05, 4.69) is 37.9 Å². The zero-order valence-corrected chi connectivity index (χ0v) is 15.7. The van der Waals surface area contributed by atoms with Crippen LogP contribution < -0.4 is 0 Å². The van der Waals surface area contributed by atoms with Crippen LogP contribution in [0.2, 0.25) is 0 Å². The van der Waals surface area contributed by atoms with Gasteiger partial charge in [-0.3, -0.25) is 0 Å². The molecule has 0 aliphatic carbocycles. The van der Waals surface area contributed by atoms with Gasteiger partial charge in [0, 0.05) is 10.5 Å². The molecule has 2 aromatic rings. The number of esters is 1. The SMILES string of the molecule is CSc1ccc(/C=C2/N=C(c3ccc(C(C)(C)C)cc3)OC2=O)cc1. The van der Waals surface area contributed by atoms with Crippen LogP contribution in [0.15, 0.2) is 64.1 Å². The number of hydrogen-bond donors (Lipinski definition) is 0. The summed E-state index contributed by atoms with van der Waals surface area (Å²) in [4.78, 5) is 17.7. The maximum Gasteiger partial charge on any atom is 0.363 e. The van der Waals surface area contributed by atoms with Gasteiger partial charge in [-0.2, -0.15) is 0 Å². The summed E-state index contributed by atoms with van der Waals surface area (Å²) in [6.45, 7) is 6.49. The largest absolute Gasteiger partial charge is 0.402 e. The zero-order valence-electron chi connectivity index (χ0n) is 14.9. The van der Waals surface area contributed by atoms with E-state index in [0.717, 1.165) is 11.1 Å². The van der Waals surface area contributed by atoms with Crippen LogP contribution in [0, 0.1) is 0 Å². The van der Waals surface area contributed by atoms with Crippen molar-refractivity contribution in [2.45, 2.75) is 31.1 Å². The number of carbonyl (C=O) groups is 1. The molecule has 4 heteroatoms. The first-order chi connectivity index (χ1) is 11.9. The molecular formula is C21H21NO2S. The lowest BCUT2D eigenvalue weighted by Gasteiger charge is -2.18. The van der Waals surface area contributed by atoms with Crippen LogP contribution >= 0.6 is 11.8 Å².